The molecule has 28 heavy (non-hydrogen) atoms. The van der Waals surface area contributed by atoms with E-state index in [2.05, 4.69) is 32.2 Å². The van der Waals surface area contributed by atoms with Crippen LogP contribution in [0.15, 0.2) is 36.5 Å². The topological polar surface area (TPSA) is 126 Å². The summed E-state index contributed by atoms with van der Waals surface area (Å²) in [6.07, 6.45) is 2.40. The highest BCUT2D eigenvalue weighted by Gasteiger charge is 2.46. The van der Waals surface area contributed by atoms with Gasteiger partial charge in [0.2, 0.25) is 0 Å². The van der Waals surface area contributed by atoms with Gasteiger partial charge in [0.15, 0.2) is 0 Å². The molecule has 2 aromatic rings. The zero-order valence-corrected chi connectivity index (χ0v) is 15.7. The molecular weight excluding hydrogens is 358 g/mol. The molecule has 0 spiro atoms. The van der Waals surface area contributed by atoms with E-state index in [9.17, 15) is 14.9 Å². The van der Waals surface area contributed by atoms with Crippen LogP contribution < -0.4 is 16.0 Å². The highest BCUT2D eigenvalue weighted by Crippen LogP contribution is 2.26. The number of aromatic nitrogens is 2. The Labute approximate surface area is 163 Å². The molecule has 0 radical (unpaired) electrons. The molecule has 1 aliphatic heterocycles. The van der Waals surface area contributed by atoms with Crippen LogP contribution >= 0.6 is 0 Å². The Balaban J connectivity index is 1.66. The quantitative estimate of drug-likeness (QED) is 0.583. The summed E-state index contributed by atoms with van der Waals surface area (Å²) in [6.45, 7) is 3.15. The number of nitrogens with one attached hydrogen (secondary N) is 4. The standard InChI is InChI=1S/C19H23N7O2/c1-2-10-21-18(28)26-12-19(13-26,8-9-20)24-17(27)15-11-22-25-16(15)23-14-6-4-3-5-7-14/h3-7,11H,2,8,10,12-13H2,1H3,(H,21,28)(H,24,27)(H2,22,23,25). The fourth-order valence-electron chi connectivity index (χ4n) is 3.09. The van der Waals surface area contributed by atoms with Gasteiger partial charge in [0.05, 0.1) is 24.2 Å². The highest BCUT2D eigenvalue weighted by atomic mass is 16.2. The molecule has 3 rings (SSSR count). The van der Waals surface area contributed by atoms with Crippen molar-refractivity contribution in [2.45, 2.75) is 25.3 Å². The molecule has 1 saturated heterocycles. The lowest BCUT2D eigenvalue weighted by Crippen LogP contribution is -2.72. The first-order chi connectivity index (χ1) is 13.6. The monoisotopic (exact) mass is 381 g/mol. The molecule has 3 amide bonds. The van der Waals surface area contributed by atoms with Crippen molar-refractivity contribution < 1.29 is 9.59 Å². The van der Waals surface area contributed by atoms with E-state index >= 15 is 0 Å². The molecule has 1 fully saturated rings. The van der Waals surface area contributed by atoms with Crippen molar-refractivity contribution in [2.24, 2.45) is 0 Å². The van der Waals surface area contributed by atoms with Gasteiger partial charge < -0.3 is 20.9 Å². The number of hydrogen-bond donors (Lipinski definition) is 4. The van der Waals surface area contributed by atoms with Crippen LogP contribution in [0.2, 0.25) is 0 Å². The van der Waals surface area contributed by atoms with Gasteiger partial charge in [0, 0.05) is 25.3 Å². The third-order valence-electron chi connectivity index (χ3n) is 4.52. The van der Waals surface area contributed by atoms with E-state index in [4.69, 9.17) is 0 Å². The van der Waals surface area contributed by atoms with Gasteiger partial charge in [-0.15, -0.1) is 0 Å². The molecule has 0 aliphatic carbocycles. The van der Waals surface area contributed by atoms with E-state index < -0.39 is 5.54 Å². The molecule has 146 valence electrons. The van der Waals surface area contributed by atoms with Gasteiger partial charge in [0.25, 0.3) is 5.91 Å². The van der Waals surface area contributed by atoms with Gasteiger partial charge in [-0.1, -0.05) is 25.1 Å². The number of nitrogens with zero attached hydrogens (tertiary/aromatic N) is 3. The van der Waals surface area contributed by atoms with E-state index in [1.165, 1.54) is 6.20 Å². The fourth-order valence-corrected chi connectivity index (χ4v) is 3.09. The predicted molar refractivity (Wildman–Crippen MR) is 104 cm³/mol. The van der Waals surface area contributed by atoms with Crippen molar-refractivity contribution in [3.63, 3.8) is 0 Å². The third-order valence-corrected chi connectivity index (χ3v) is 4.52. The SMILES string of the molecule is CCCNC(=O)N1CC(CC#N)(NC(=O)c2cn[nH]c2Nc2ccccc2)C1. The van der Waals surface area contributed by atoms with Crippen LogP contribution in [0.5, 0.6) is 0 Å². The lowest BCUT2D eigenvalue weighted by molar-refractivity contribution is 0.0575. The zero-order valence-electron chi connectivity index (χ0n) is 15.7. The average Bonchev–Trinajstić information content (AvgIpc) is 3.12. The van der Waals surface area contributed by atoms with Crippen LogP contribution in [0, 0.1) is 11.3 Å². The number of rotatable bonds is 7. The molecule has 4 N–H and O–H groups in total. The molecule has 9 nitrogen and oxygen atoms in total. The Bertz CT molecular complexity index is 866. The summed E-state index contributed by atoms with van der Waals surface area (Å²) < 4.78 is 0. The van der Waals surface area contributed by atoms with Crippen molar-refractivity contribution in [2.75, 3.05) is 25.0 Å². The third kappa shape index (κ3) is 4.23. The normalized spacial score (nSPS) is 14.5. The van der Waals surface area contributed by atoms with Crippen LogP contribution in [-0.2, 0) is 0 Å². The van der Waals surface area contributed by atoms with Gasteiger partial charge >= 0.3 is 6.03 Å². The number of carbonyl (C=O) groups is 2. The highest BCUT2D eigenvalue weighted by molar-refractivity contribution is 5.99. The van der Waals surface area contributed by atoms with E-state index in [0.717, 1.165) is 12.1 Å². The van der Waals surface area contributed by atoms with Crippen molar-refractivity contribution in [3.05, 3.63) is 42.1 Å². The summed E-state index contributed by atoms with van der Waals surface area (Å²) in [5, 5.41) is 24.7. The van der Waals surface area contributed by atoms with E-state index in [1.54, 1.807) is 4.90 Å². The van der Waals surface area contributed by atoms with Gasteiger partial charge in [-0.05, 0) is 18.6 Å². The van der Waals surface area contributed by atoms with E-state index in [1.807, 2.05) is 37.3 Å². The van der Waals surface area contributed by atoms with Crippen LogP contribution in [0.3, 0.4) is 0 Å². The largest absolute Gasteiger partial charge is 0.342 e. The minimum Gasteiger partial charge on any atom is -0.342 e. The molecule has 1 aromatic heterocycles. The zero-order chi connectivity index (χ0) is 20.0. The second-order valence-corrected chi connectivity index (χ2v) is 6.81. The van der Waals surface area contributed by atoms with E-state index in [0.29, 0.717) is 31.0 Å². The Morgan fingerprint density at radius 3 is 2.75 bits per heavy atom. The molecule has 0 unspecified atom stereocenters. The first kappa shape index (κ1) is 19.2. The molecule has 0 bridgehead atoms. The summed E-state index contributed by atoms with van der Waals surface area (Å²) in [6, 6.07) is 11.3. The number of benzene rings is 1. The lowest BCUT2D eigenvalue weighted by atomic mass is 9.86. The second-order valence-electron chi connectivity index (χ2n) is 6.81. The Morgan fingerprint density at radius 2 is 2.07 bits per heavy atom. The number of anilines is 2. The van der Waals surface area contributed by atoms with Crippen molar-refractivity contribution >= 4 is 23.4 Å². The van der Waals surface area contributed by atoms with Gasteiger partial charge in [-0.2, -0.15) is 10.4 Å². The van der Waals surface area contributed by atoms with Gasteiger partial charge in [-0.3, -0.25) is 9.89 Å². The summed E-state index contributed by atoms with van der Waals surface area (Å²) in [7, 11) is 0. The predicted octanol–water partition coefficient (Wildman–Crippen LogP) is 1.97. The number of H-pyrrole nitrogens is 1. The minimum atomic E-state index is -0.753. The second kappa shape index (κ2) is 8.43. The number of hydrogen-bond acceptors (Lipinski definition) is 5. The van der Waals surface area contributed by atoms with Crippen LogP contribution in [-0.4, -0.2) is 52.2 Å². The lowest BCUT2D eigenvalue weighted by Gasteiger charge is -2.49. The molecular formula is C19H23N7O2. The molecule has 1 aliphatic rings. The smallest absolute Gasteiger partial charge is 0.317 e. The molecule has 0 atom stereocenters. The van der Waals surface area contributed by atoms with Crippen LogP contribution in [0.25, 0.3) is 0 Å². The number of para-hydroxylation sites is 1. The first-order valence-electron chi connectivity index (χ1n) is 9.14. The number of carbonyl (C=O) groups excluding carboxylic acids is 2. The first-order valence-corrected chi connectivity index (χ1v) is 9.14. The van der Waals surface area contributed by atoms with E-state index in [-0.39, 0.29) is 18.4 Å². The fraction of sp³-hybridized carbons (Fsp3) is 0.368. The maximum atomic E-state index is 12.8. The molecule has 1 aromatic carbocycles. The summed E-state index contributed by atoms with van der Waals surface area (Å²) in [4.78, 5) is 26.4. The molecule has 9 heteroatoms. The Kier molecular flexibility index (Phi) is 5.79. The van der Waals surface area contributed by atoms with Crippen LogP contribution in [0.4, 0.5) is 16.3 Å². The number of aromatic amines is 1. The number of urea groups is 1. The van der Waals surface area contributed by atoms with Crippen molar-refractivity contribution in [3.8, 4) is 6.07 Å². The van der Waals surface area contributed by atoms with Gasteiger partial charge in [0.1, 0.15) is 11.4 Å². The summed E-state index contributed by atoms with van der Waals surface area (Å²) >= 11 is 0. The molecule has 2 heterocycles. The Morgan fingerprint density at radius 1 is 1.32 bits per heavy atom. The van der Waals surface area contributed by atoms with Gasteiger partial charge in [-0.25, -0.2) is 4.79 Å². The number of amides is 3. The number of nitriles is 1. The Hall–Kier alpha value is -3.54. The maximum absolute atomic E-state index is 12.8. The van der Waals surface area contributed by atoms with Crippen molar-refractivity contribution in [1.82, 2.24) is 25.7 Å². The summed E-state index contributed by atoms with van der Waals surface area (Å²) in [5.41, 5.74) is 0.404. The maximum Gasteiger partial charge on any atom is 0.317 e. The van der Waals surface area contributed by atoms with Crippen molar-refractivity contribution in [1.29, 1.82) is 5.26 Å². The van der Waals surface area contributed by atoms with Crippen LogP contribution in [0.1, 0.15) is 30.1 Å². The minimum absolute atomic E-state index is 0.121. The number of likely N-dealkylation sites (tertiary alicyclic amines) is 1. The molecule has 0 saturated carbocycles. The average molecular weight is 381 g/mol. The summed E-state index contributed by atoms with van der Waals surface area (Å²) in [5.74, 6) is 0.115.